The lowest BCUT2D eigenvalue weighted by Gasteiger charge is -2.35. The molecule has 3 unspecified atom stereocenters. The first-order valence-electron chi connectivity index (χ1n) is 13.2. The topological polar surface area (TPSA) is 121 Å². The van der Waals surface area contributed by atoms with Crippen LogP contribution in [0.2, 0.25) is 0 Å². The Morgan fingerprint density at radius 2 is 1.81 bits per heavy atom. The average molecular weight is 652 g/mol. The van der Waals surface area contributed by atoms with Crippen LogP contribution in [0.25, 0.3) is 6.08 Å². The molecule has 1 aliphatic heterocycles. The molecule has 2 amide bonds. The van der Waals surface area contributed by atoms with E-state index in [4.69, 9.17) is 23.2 Å². The van der Waals surface area contributed by atoms with E-state index < -0.39 is 56.1 Å². The van der Waals surface area contributed by atoms with Gasteiger partial charge in [0.2, 0.25) is 5.91 Å². The molecule has 1 saturated carbocycles. The predicted molar refractivity (Wildman–Crippen MR) is 156 cm³/mol. The standard InChI is InChI=1S/C30H26Cl2F2N2O6S/c1-43(41,42)18-5-2-4-16(12-18)21-14-30(21,29(39)40)35-28(38)26-22(31)13-17-15-36(11-10-19(17)27(26)32)25(37)9-8-20-23(33)6-3-7-24(20)34/h2-9,12,21-22H,10-11,13-15H2,1H3,(H,35,38)(H,39,40)/b9-8+. The summed E-state index contributed by atoms with van der Waals surface area (Å²) >= 11 is 13.3. The molecule has 2 aromatic rings. The van der Waals surface area contributed by atoms with E-state index in [1.807, 2.05) is 0 Å². The van der Waals surface area contributed by atoms with Crippen molar-refractivity contribution in [3.05, 3.63) is 93.1 Å². The highest BCUT2D eigenvalue weighted by molar-refractivity contribution is 7.90. The van der Waals surface area contributed by atoms with Gasteiger partial charge < -0.3 is 15.3 Å². The molecule has 5 rings (SSSR count). The van der Waals surface area contributed by atoms with Gasteiger partial charge in [0.05, 0.1) is 20.9 Å². The molecule has 2 aliphatic carbocycles. The number of halogens is 4. The van der Waals surface area contributed by atoms with Gasteiger partial charge in [0.1, 0.15) is 17.2 Å². The second-order valence-corrected chi connectivity index (χ2v) is 13.7. The van der Waals surface area contributed by atoms with Crippen molar-refractivity contribution >= 4 is 56.9 Å². The second-order valence-electron chi connectivity index (χ2n) is 10.8. The number of rotatable bonds is 7. The van der Waals surface area contributed by atoms with E-state index in [0.717, 1.165) is 36.1 Å². The molecule has 0 bridgehead atoms. The lowest BCUT2D eigenvalue weighted by atomic mass is 9.86. The minimum Gasteiger partial charge on any atom is -0.479 e. The lowest BCUT2D eigenvalue weighted by Crippen LogP contribution is -2.47. The summed E-state index contributed by atoms with van der Waals surface area (Å²) in [7, 11) is -3.52. The van der Waals surface area contributed by atoms with Crippen LogP contribution in [0.3, 0.4) is 0 Å². The van der Waals surface area contributed by atoms with Gasteiger partial charge in [-0.2, -0.15) is 0 Å². The van der Waals surface area contributed by atoms with Gasteiger partial charge in [-0.3, -0.25) is 9.59 Å². The molecule has 1 fully saturated rings. The van der Waals surface area contributed by atoms with Crippen LogP contribution in [0.15, 0.2) is 75.2 Å². The molecule has 3 atom stereocenters. The first-order chi connectivity index (χ1) is 20.2. The Kier molecular flexibility index (Phi) is 8.28. The van der Waals surface area contributed by atoms with Crippen LogP contribution in [0.4, 0.5) is 8.78 Å². The summed E-state index contributed by atoms with van der Waals surface area (Å²) in [5.74, 6) is -4.73. The number of aliphatic carboxylic acids is 1. The van der Waals surface area contributed by atoms with Crippen molar-refractivity contribution in [3.8, 4) is 0 Å². The molecule has 2 aromatic carbocycles. The van der Waals surface area contributed by atoms with Crippen LogP contribution in [-0.4, -0.2) is 66.5 Å². The van der Waals surface area contributed by atoms with Crippen molar-refractivity contribution in [1.82, 2.24) is 10.2 Å². The van der Waals surface area contributed by atoms with Crippen molar-refractivity contribution in [1.29, 1.82) is 0 Å². The Labute approximate surface area is 256 Å². The maximum Gasteiger partial charge on any atom is 0.330 e. The third-order valence-electron chi connectivity index (χ3n) is 8.00. The number of alkyl halides is 1. The van der Waals surface area contributed by atoms with Crippen molar-refractivity contribution in [3.63, 3.8) is 0 Å². The Bertz CT molecular complexity index is 1740. The molecule has 8 nitrogen and oxygen atoms in total. The first-order valence-corrected chi connectivity index (χ1v) is 16.0. The van der Waals surface area contributed by atoms with E-state index in [1.165, 1.54) is 29.2 Å². The Balaban J connectivity index is 1.33. The predicted octanol–water partition coefficient (Wildman–Crippen LogP) is 4.54. The summed E-state index contributed by atoms with van der Waals surface area (Å²) in [4.78, 5) is 40.1. The number of carbonyl (C=O) groups is 3. The highest BCUT2D eigenvalue weighted by Gasteiger charge is 2.62. The molecule has 43 heavy (non-hydrogen) atoms. The fraction of sp³-hybridized carbons (Fsp3) is 0.300. The van der Waals surface area contributed by atoms with Gasteiger partial charge in [0.15, 0.2) is 9.84 Å². The molecule has 3 aliphatic rings. The van der Waals surface area contributed by atoms with Gasteiger partial charge in [-0.15, -0.1) is 11.6 Å². The van der Waals surface area contributed by atoms with E-state index in [0.29, 0.717) is 11.1 Å². The largest absolute Gasteiger partial charge is 0.479 e. The zero-order valence-electron chi connectivity index (χ0n) is 22.7. The smallest absolute Gasteiger partial charge is 0.330 e. The Morgan fingerprint density at radius 3 is 2.47 bits per heavy atom. The number of carbonyl (C=O) groups excluding carboxylic acids is 2. The molecule has 226 valence electrons. The van der Waals surface area contributed by atoms with Crippen molar-refractivity contribution in [2.24, 2.45) is 0 Å². The summed E-state index contributed by atoms with van der Waals surface area (Å²) in [5, 5.41) is 11.8. The normalized spacial score (nSPS) is 23.8. The van der Waals surface area contributed by atoms with Crippen LogP contribution < -0.4 is 5.32 Å². The number of allylic oxidation sites excluding steroid dienone is 1. The molecule has 13 heteroatoms. The van der Waals surface area contributed by atoms with Crippen LogP contribution >= 0.6 is 23.2 Å². The first kappa shape index (κ1) is 30.9. The zero-order valence-corrected chi connectivity index (χ0v) is 25.1. The number of hydrogen-bond donors (Lipinski definition) is 2. The zero-order chi connectivity index (χ0) is 31.3. The van der Waals surface area contributed by atoms with Crippen LogP contribution in [0, 0.1) is 11.6 Å². The number of amides is 2. The number of nitrogens with one attached hydrogen (secondary N) is 1. The third-order valence-corrected chi connectivity index (χ3v) is 9.91. The minimum absolute atomic E-state index is 0.0212. The number of hydrogen-bond acceptors (Lipinski definition) is 5. The summed E-state index contributed by atoms with van der Waals surface area (Å²) in [6.45, 7) is 0.363. The van der Waals surface area contributed by atoms with Crippen LogP contribution in [0.1, 0.15) is 36.3 Å². The van der Waals surface area contributed by atoms with Gasteiger partial charge in [0, 0.05) is 36.9 Å². The van der Waals surface area contributed by atoms with E-state index in [-0.39, 0.29) is 53.4 Å². The molecular formula is C30H26Cl2F2N2O6S. The fourth-order valence-electron chi connectivity index (χ4n) is 5.58. The molecule has 2 N–H and O–H groups in total. The molecule has 0 aromatic heterocycles. The Hall–Kier alpha value is -3.54. The molecule has 1 heterocycles. The minimum atomic E-state index is -3.52. The highest BCUT2D eigenvalue weighted by atomic mass is 35.5. The van der Waals surface area contributed by atoms with E-state index in [2.05, 4.69) is 5.32 Å². The number of carboxylic acid groups (broad SMARTS) is 1. The third kappa shape index (κ3) is 5.98. The van der Waals surface area contributed by atoms with E-state index in [1.54, 1.807) is 6.07 Å². The maximum atomic E-state index is 13.9. The van der Waals surface area contributed by atoms with E-state index >= 15 is 0 Å². The van der Waals surface area contributed by atoms with Crippen molar-refractivity contribution < 1.29 is 36.7 Å². The van der Waals surface area contributed by atoms with Gasteiger partial charge in [-0.25, -0.2) is 22.0 Å². The molecule has 0 radical (unpaired) electrons. The fourth-order valence-corrected chi connectivity index (χ4v) is 7.16. The average Bonchev–Trinajstić information content (AvgIpc) is 3.67. The number of nitrogens with zero attached hydrogens (tertiary/aromatic N) is 1. The van der Waals surface area contributed by atoms with Gasteiger partial charge >= 0.3 is 5.97 Å². The number of benzene rings is 2. The summed E-state index contributed by atoms with van der Waals surface area (Å²) in [6.07, 6.45) is 3.73. The summed E-state index contributed by atoms with van der Waals surface area (Å²) in [6, 6.07) is 9.36. The number of carboxylic acids is 1. The second kappa shape index (κ2) is 11.5. The van der Waals surface area contributed by atoms with Crippen LogP contribution in [-0.2, 0) is 24.2 Å². The van der Waals surface area contributed by atoms with E-state index in [9.17, 15) is 36.7 Å². The lowest BCUT2D eigenvalue weighted by molar-refractivity contribution is -0.142. The van der Waals surface area contributed by atoms with Gasteiger partial charge in [-0.05, 0) is 66.3 Å². The van der Waals surface area contributed by atoms with Crippen molar-refractivity contribution in [2.45, 2.75) is 41.0 Å². The number of sulfone groups is 1. The Morgan fingerprint density at radius 1 is 1.14 bits per heavy atom. The molecule has 0 saturated heterocycles. The van der Waals surface area contributed by atoms with Gasteiger partial charge in [0.25, 0.3) is 5.91 Å². The summed E-state index contributed by atoms with van der Waals surface area (Å²) in [5.41, 5.74) is -0.148. The maximum absolute atomic E-state index is 13.9. The SMILES string of the molecule is CS(=O)(=O)c1cccc(C2CC2(NC(=O)C2=C(Cl)C3=C(CC2Cl)CN(C(=O)/C=C/c2c(F)cccc2F)CC3)C(=O)O)c1. The monoisotopic (exact) mass is 650 g/mol. The summed E-state index contributed by atoms with van der Waals surface area (Å²) < 4.78 is 51.8. The quantitative estimate of drug-likeness (QED) is 0.335. The highest BCUT2D eigenvalue weighted by Crippen LogP contribution is 2.52. The molecule has 0 spiro atoms. The molecular weight excluding hydrogens is 625 g/mol. The van der Waals surface area contributed by atoms with Crippen LogP contribution in [0.5, 0.6) is 0 Å². The van der Waals surface area contributed by atoms with Gasteiger partial charge in [-0.1, -0.05) is 29.8 Å². The van der Waals surface area contributed by atoms with Crippen molar-refractivity contribution in [2.75, 3.05) is 19.3 Å².